The number of allylic oxidation sites excluding steroid dienone is 2. The number of amides is 1. The first-order valence-electron chi connectivity index (χ1n) is 8.63. The Morgan fingerprint density at radius 3 is 2.57 bits per heavy atom. The van der Waals surface area contributed by atoms with Crippen LogP contribution in [0.2, 0.25) is 0 Å². The van der Waals surface area contributed by atoms with Crippen molar-refractivity contribution in [3.8, 4) is 0 Å². The van der Waals surface area contributed by atoms with Crippen LogP contribution in [-0.2, 0) is 15.0 Å². The van der Waals surface area contributed by atoms with Crippen molar-refractivity contribution in [3.05, 3.63) is 69.3 Å². The third-order valence-electron chi connectivity index (χ3n) is 4.37. The number of halogens is 1. The highest BCUT2D eigenvalue weighted by Crippen LogP contribution is 2.27. The standard InChI is InChI=1S/C19H20FN3O3S2/c1-12-16(13(2)23-28(25,26)22-12)9-10-18(24)21-19(17-4-3-11-27-17)14-5-7-15(20)8-6-14/h3-8,11,19,22H,9-10H2,1-2H3,(H,21,24)/t19-/m0/s1. The fraction of sp³-hybridized carbons (Fsp3) is 0.263. The molecule has 1 aliphatic heterocycles. The molecule has 2 aromatic rings. The Kier molecular flexibility index (Phi) is 5.95. The molecule has 1 atom stereocenters. The number of hydrogen-bond acceptors (Lipinski definition) is 4. The average molecular weight is 422 g/mol. The lowest BCUT2D eigenvalue weighted by molar-refractivity contribution is -0.121. The second-order valence-electron chi connectivity index (χ2n) is 6.42. The van der Waals surface area contributed by atoms with Crippen LogP contribution in [0.4, 0.5) is 4.39 Å². The van der Waals surface area contributed by atoms with Gasteiger partial charge in [-0.2, -0.15) is 8.42 Å². The maximum absolute atomic E-state index is 13.3. The van der Waals surface area contributed by atoms with Gasteiger partial charge in [0.15, 0.2) is 0 Å². The molecule has 0 aliphatic carbocycles. The number of thiophene rings is 1. The van der Waals surface area contributed by atoms with Gasteiger partial charge >= 0.3 is 10.2 Å². The van der Waals surface area contributed by atoms with Gasteiger partial charge in [-0.05, 0) is 55.0 Å². The van der Waals surface area contributed by atoms with E-state index in [0.29, 0.717) is 23.4 Å². The zero-order valence-corrected chi connectivity index (χ0v) is 17.0. The molecule has 0 unspecified atom stereocenters. The van der Waals surface area contributed by atoms with Crippen LogP contribution in [0.5, 0.6) is 0 Å². The molecular formula is C19H20FN3O3S2. The topological polar surface area (TPSA) is 87.6 Å². The Morgan fingerprint density at radius 1 is 1.25 bits per heavy atom. The Balaban J connectivity index is 1.71. The molecule has 28 heavy (non-hydrogen) atoms. The Bertz CT molecular complexity index is 1030. The lowest BCUT2D eigenvalue weighted by atomic mass is 10.0. The molecule has 2 N–H and O–H groups in total. The highest BCUT2D eigenvalue weighted by atomic mass is 32.2. The largest absolute Gasteiger partial charge is 0.344 e. The van der Waals surface area contributed by atoms with Gasteiger partial charge in [0.1, 0.15) is 5.82 Å². The van der Waals surface area contributed by atoms with E-state index >= 15 is 0 Å². The van der Waals surface area contributed by atoms with E-state index in [1.807, 2.05) is 17.5 Å². The quantitative estimate of drug-likeness (QED) is 0.749. The van der Waals surface area contributed by atoms with Crippen molar-refractivity contribution in [2.45, 2.75) is 32.7 Å². The minimum Gasteiger partial charge on any atom is -0.344 e. The molecule has 148 valence electrons. The first-order valence-corrected chi connectivity index (χ1v) is 10.9. The van der Waals surface area contributed by atoms with Crippen LogP contribution < -0.4 is 10.0 Å². The summed E-state index contributed by atoms with van der Waals surface area (Å²) in [6.45, 7) is 3.26. The highest BCUT2D eigenvalue weighted by molar-refractivity contribution is 7.88. The van der Waals surface area contributed by atoms with Crippen LogP contribution in [-0.4, -0.2) is 20.0 Å². The SMILES string of the molecule is CC1=NS(=O)(=O)NC(C)=C1CCC(=O)N[C@@H](c1ccc(F)cc1)c1cccs1. The van der Waals surface area contributed by atoms with E-state index in [9.17, 15) is 17.6 Å². The molecule has 0 radical (unpaired) electrons. The summed E-state index contributed by atoms with van der Waals surface area (Å²) in [7, 11) is -3.69. The van der Waals surface area contributed by atoms with Crippen LogP contribution in [0.15, 0.2) is 57.4 Å². The van der Waals surface area contributed by atoms with E-state index in [0.717, 1.165) is 10.4 Å². The number of benzene rings is 1. The monoisotopic (exact) mass is 421 g/mol. The van der Waals surface area contributed by atoms with E-state index in [2.05, 4.69) is 14.4 Å². The summed E-state index contributed by atoms with van der Waals surface area (Å²) in [6.07, 6.45) is 0.528. The maximum atomic E-state index is 13.3. The smallest absolute Gasteiger partial charge is 0.342 e. The molecule has 3 rings (SSSR count). The lowest BCUT2D eigenvalue weighted by Crippen LogP contribution is -2.30. The van der Waals surface area contributed by atoms with Gasteiger partial charge in [-0.1, -0.05) is 18.2 Å². The van der Waals surface area contributed by atoms with Crippen molar-refractivity contribution in [1.29, 1.82) is 0 Å². The highest BCUT2D eigenvalue weighted by Gasteiger charge is 2.22. The van der Waals surface area contributed by atoms with Gasteiger partial charge in [0, 0.05) is 17.0 Å². The molecule has 0 saturated heterocycles. The van der Waals surface area contributed by atoms with Gasteiger partial charge < -0.3 is 5.32 Å². The summed E-state index contributed by atoms with van der Waals surface area (Å²) >= 11 is 1.51. The number of carbonyl (C=O) groups is 1. The molecule has 6 nitrogen and oxygen atoms in total. The van der Waals surface area contributed by atoms with E-state index in [1.165, 1.54) is 23.5 Å². The minimum absolute atomic E-state index is 0.171. The summed E-state index contributed by atoms with van der Waals surface area (Å²) in [5.74, 6) is -0.527. The van der Waals surface area contributed by atoms with Gasteiger partial charge in [-0.3, -0.25) is 9.52 Å². The summed E-state index contributed by atoms with van der Waals surface area (Å²) < 4.78 is 42.4. The molecule has 2 heterocycles. The van der Waals surface area contributed by atoms with Crippen molar-refractivity contribution in [2.24, 2.45) is 4.40 Å². The van der Waals surface area contributed by atoms with Crippen LogP contribution in [0.3, 0.4) is 0 Å². The van der Waals surface area contributed by atoms with Crippen LogP contribution in [0, 0.1) is 5.82 Å². The molecule has 1 aromatic carbocycles. The second-order valence-corrected chi connectivity index (χ2v) is 8.74. The van der Waals surface area contributed by atoms with Gasteiger partial charge in [0.2, 0.25) is 5.91 Å². The number of hydrogen-bond donors (Lipinski definition) is 2. The first kappa shape index (κ1) is 20.2. The molecule has 0 fully saturated rings. The van der Waals surface area contributed by atoms with Crippen molar-refractivity contribution < 1.29 is 17.6 Å². The third-order valence-corrected chi connectivity index (χ3v) is 6.38. The Morgan fingerprint density at radius 2 is 1.96 bits per heavy atom. The summed E-state index contributed by atoms with van der Waals surface area (Å²) in [6, 6.07) is 9.47. The average Bonchev–Trinajstić information content (AvgIpc) is 3.13. The predicted molar refractivity (Wildman–Crippen MR) is 108 cm³/mol. The third kappa shape index (κ3) is 4.85. The molecule has 1 aliphatic rings. The van der Waals surface area contributed by atoms with Gasteiger partial charge in [-0.25, -0.2) is 4.39 Å². The molecular weight excluding hydrogens is 401 g/mol. The van der Waals surface area contributed by atoms with Crippen LogP contribution in [0.1, 0.15) is 43.2 Å². The van der Waals surface area contributed by atoms with Crippen LogP contribution in [0.25, 0.3) is 0 Å². The van der Waals surface area contributed by atoms with E-state index in [1.54, 1.807) is 26.0 Å². The molecule has 0 bridgehead atoms. The van der Waals surface area contributed by atoms with E-state index in [-0.39, 0.29) is 24.2 Å². The Hall–Kier alpha value is -2.52. The maximum Gasteiger partial charge on any atom is 0.342 e. The van der Waals surface area contributed by atoms with Crippen LogP contribution >= 0.6 is 11.3 Å². The summed E-state index contributed by atoms with van der Waals surface area (Å²) in [5, 5.41) is 4.91. The molecule has 0 saturated carbocycles. The summed E-state index contributed by atoms with van der Waals surface area (Å²) in [4.78, 5) is 13.5. The number of nitrogens with one attached hydrogen (secondary N) is 2. The molecule has 1 aromatic heterocycles. The number of carbonyl (C=O) groups excluding carboxylic acids is 1. The van der Waals surface area contributed by atoms with Crippen molar-refractivity contribution in [2.75, 3.05) is 0 Å². The molecule has 1 amide bonds. The fourth-order valence-electron chi connectivity index (χ4n) is 3.05. The second kappa shape index (κ2) is 8.24. The zero-order valence-electron chi connectivity index (χ0n) is 15.4. The van der Waals surface area contributed by atoms with E-state index in [4.69, 9.17) is 0 Å². The number of nitrogens with zero attached hydrogens (tertiary/aromatic N) is 1. The lowest BCUT2D eigenvalue weighted by Gasteiger charge is -2.20. The van der Waals surface area contributed by atoms with Crippen molar-refractivity contribution in [1.82, 2.24) is 10.0 Å². The van der Waals surface area contributed by atoms with Crippen molar-refractivity contribution >= 4 is 33.2 Å². The number of rotatable bonds is 6. The zero-order chi connectivity index (χ0) is 20.3. The molecule has 0 spiro atoms. The van der Waals surface area contributed by atoms with Gasteiger partial charge in [-0.15, -0.1) is 15.7 Å². The Labute approximate surface area is 167 Å². The summed E-state index contributed by atoms with van der Waals surface area (Å²) in [5.41, 5.74) is 2.36. The molecule has 9 heteroatoms. The van der Waals surface area contributed by atoms with Gasteiger partial charge in [0.25, 0.3) is 0 Å². The normalized spacial score (nSPS) is 16.9. The van der Waals surface area contributed by atoms with Gasteiger partial charge in [0.05, 0.1) is 11.8 Å². The van der Waals surface area contributed by atoms with Crippen molar-refractivity contribution in [3.63, 3.8) is 0 Å². The minimum atomic E-state index is -3.69. The first-order chi connectivity index (χ1) is 13.2. The fourth-order valence-corrected chi connectivity index (χ4v) is 4.88. The predicted octanol–water partition coefficient (Wildman–Crippen LogP) is 3.46. The van der Waals surface area contributed by atoms with E-state index < -0.39 is 10.2 Å².